The van der Waals surface area contributed by atoms with E-state index < -0.39 is 13.0 Å². The summed E-state index contributed by atoms with van der Waals surface area (Å²) in [5, 5.41) is 17.4. The van der Waals surface area contributed by atoms with Crippen LogP contribution in [0.3, 0.4) is 0 Å². The first-order valence-electron chi connectivity index (χ1n) is 8.69. The molecular weight excluding hydrogens is 335 g/mol. The maximum Gasteiger partial charge on any atom is 0.491 e. The van der Waals surface area contributed by atoms with Gasteiger partial charge in [-0.25, -0.2) is 0 Å². The lowest BCUT2D eigenvalue weighted by molar-refractivity contribution is 0.0238. The number of fused-ring (bicyclic) bond motifs is 1. The summed E-state index contributed by atoms with van der Waals surface area (Å²) in [6.07, 6.45) is 2.63. The summed E-state index contributed by atoms with van der Waals surface area (Å²) in [7, 11) is -0.882. The van der Waals surface area contributed by atoms with E-state index in [0.717, 1.165) is 29.7 Å². The number of aromatic nitrogens is 2. The van der Waals surface area contributed by atoms with Crippen LogP contribution in [0.15, 0.2) is 24.4 Å². The van der Waals surface area contributed by atoms with Gasteiger partial charge in [-0.15, -0.1) is 0 Å². The van der Waals surface area contributed by atoms with Crippen LogP contribution in [0, 0.1) is 5.92 Å². The van der Waals surface area contributed by atoms with E-state index >= 15 is 0 Å². The highest BCUT2D eigenvalue weighted by molar-refractivity contribution is 6.61. The summed E-state index contributed by atoms with van der Waals surface area (Å²) in [5.41, 5.74) is 8.28. The molecule has 0 aliphatic carbocycles. The van der Waals surface area contributed by atoms with Gasteiger partial charge in [-0.3, -0.25) is 9.48 Å². The zero-order valence-corrected chi connectivity index (χ0v) is 14.5. The molecule has 0 saturated carbocycles. The lowest BCUT2D eigenvalue weighted by atomic mass is 9.79. The van der Waals surface area contributed by atoms with Gasteiger partial charge in [0, 0.05) is 18.5 Å². The predicted octanol–water partition coefficient (Wildman–Crippen LogP) is 0.541. The minimum Gasteiger partial charge on any atom is -0.423 e. The molecule has 9 heteroatoms. The zero-order valence-electron chi connectivity index (χ0n) is 14.5. The van der Waals surface area contributed by atoms with Gasteiger partial charge in [0.2, 0.25) is 0 Å². The number of nitrogens with zero attached hydrogens (tertiary/aromatic N) is 2. The molecule has 0 radical (unpaired) electrons. The molecule has 4 rings (SSSR count). The first kappa shape index (κ1) is 17.1. The lowest BCUT2D eigenvalue weighted by Crippen LogP contribution is -2.28. The third-order valence-corrected chi connectivity index (χ3v) is 5.07. The topological polar surface area (TPSA) is 112 Å². The third kappa shape index (κ3) is 3.09. The summed E-state index contributed by atoms with van der Waals surface area (Å²) >= 11 is 0. The second kappa shape index (κ2) is 6.75. The molecule has 1 amide bonds. The molecule has 1 aromatic heterocycles. The minimum absolute atomic E-state index is 0.0703. The number of carbonyl (C=O) groups excluding carboxylic acids is 1. The van der Waals surface area contributed by atoms with Crippen molar-refractivity contribution >= 4 is 30.0 Å². The van der Waals surface area contributed by atoms with Crippen LogP contribution in [0.1, 0.15) is 35.3 Å². The maximum absolute atomic E-state index is 11.9. The Morgan fingerprint density at radius 2 is 2.35 bits per heavy atom. The number of nitrogens with two attached hydrogens (primary N) is 1. The smallest absolute Gasteiger partial charge is 0.423 e. The standard InChI is InChI=1S/C17H21BN4O4/c1-10-4-5-25-9-15(10)22-7-13(16(19)23)17(21-22)20-12-2-3-14-11(6-12)8-26-18(14)24/h2-3,6-7,10,15,24H,4-5,8-9H2,1H3,(H2,19,23)(H,20,21)/t10-,15-/m0/s1. The Bertz CT molecular complexity index is 840. The van der Waals surface area contributed by atoms with E-state index in [1.807, 2.05) is 12.1 Å². The molecule has 2 atom stereocenters. The van der Waals surface area contributed by atoms with Crippen LogP contribution in [-0.4, -0.2) is 41.0 Å². The van der Waals surface area contributed by atoms with Crippen molar-refractivity contribution in [1.82, 2.24) is 9.78 Å². The Balaban J connectivity index is 1.62. The van der Waals surface area contributed by atoms with Crippen molar-refractivity contribution in [2.75, 3.05) is 18.5 Å². The van der Waals surface area contributed by atoms with Crippen molar-refractivity contribution in [1.29, 1.82) is 0 Å². The van der Waals surface area contributed by atoms with Gasteiger partial charge in [0.25, 0.3) is 5.91 Å². The molecule has 26 heavy (non-hydrogen) atoms. The number of anilines is 2. The average Bonchev–Trinajstić information content (AvgIpc) is 3.19. The molecule has 0 spiro atoms. The summed E-state index contributed by atoms with van der Waals surface area (Å²) < 4.78 is 12.5. The van der Waals surface area contributed by atoms with Gasteiger partial charge >= 0.3 is 7.12 Å². The Morgan fingerprint density at radius 1 is 1.50 bits per heavy atom. The first-order valence-corrected chi connectivity index (χ1v) is 8.69. The minimum atomic E-state index is -0.882. The first-order chi connectivity index (χ1) is 12.5. The van der Waals surface area contributed by atoms with Crippen LogP contribution in [0.4, 0.5) is 11.5 Å². The van der Waals surface area contributed by atoms with Crippen LogP contribution in [0.5, 0.6) is 0 Å². The second-order valence-electron chi connectivity index (χ2n) is 6.85. The van der Waals surface area contributed by atoms with Crippen LogP contribution >= 0.6 is 0 Å². The number of rotatable bonds is 4. The van der Waals surface area contributed by atoms with Gasteiger partial charge in [0.1, 0.15) is 5.56 Å². The molecule has 1 saturated heterocycles. The second-order valence-corrected chi connectivity index (χ2v) is 6.85. The highest BCUT2D eigenvalue weighted by atomic mass is 16.5. The number of carbonyl (C=O) groups is 1. The summed E-state index contributed by atoms with van der Waals surface area (Å²) in [5.74, 6) is 0.272. The summed E-state index contributed by atoms with van der Waals surface area (Å²) in [6, 6.07) is 5.56. The summed E-state index contributed by atoms with van der Waals surface area (Å²) in [6.45, 7) is 3.81. The van der Waals surface area contributed by atoms with Crippen molar-refractivity contribution in [3.05, 3.63) is 35.5 Å². The molecule has 0 unspecified atom stereocenters. The Hall–Kier alpha value is -2.36. The van der Waals surface area contributed by atoms with Gasteiger partial charge < -0.3 is 25.5 Å². The van der Waals surface area contributed by atoms with Crippen molar-refractivity contribution < 1.29 is 19.2 Å². The van der Waals surface area contributed by atoms with E-state index in [1.165, 1.54) is 0 Å². The van der Waals surface area contributed by atoms with Crippen molar-refractivity contribution in [3.8, 4) is 0 Å². The number of nitrogens with one attached hydrogen (secondary N) is 1. The van der Waals surface area contributed by atoms with Gasteiger partial charge in [0.05, 0.1) is 19.3 Å². The molecule has 1 fully saturated rings. The molecule has 2 aliphatic heterocycles. The van der Waals surface area contributed by atoms with Gasteiger partial charge in [-0.05, 0) is 35.5 Å². The van der Waals surface area contributed by atoms with E-state index in [-0.39, 0.29) is 6.04 Å². The van der Waals surface area contributed by atoms with E-state index in [9.17, 15) is 9.82 Å². The van der Waals surface area contributed by atoms with Crippen LogP contribution in [0.25, 0.3) is 0 Å². The fraction of sp³-hybridized carbons (Fsp3) is 0.412. The van der Waals surface area contributed by atoms with Crippen molar-refractivity contribution in [2.24, 2.45) is 11.7 Å². The summed E-state index contributed by atoms with van der Waals surface area (Å²) in [4.78, 5) is 11.9. The highest BCUT2D eigenvalue weighted by Gasteiger charge is 2.28. The predicted molar refractivity (Wildman–Crippen MR) is 96.5 cm³/mol. The van der Waals surface area contributed by atoms with Crippen molar-refractivity contribution in [2.45, 2.75) is 26.0 Å². The Morgan fingerprint density at radius 3 is 3.12 bits per heavy atom. The number of hydrogen-bond donors (Lipinski definition) is 3. The Labute approximate surface area is 151 Å². The number of hydrogen-bond acceptors (Lipinski definition) is 6. The fourth-order valence-electron chi connectivity index (χ4n) is 3.45. The molecule has 1 aromatic carbocycles. The number of amides is 1. The average molecular weight is 356 g/mol. The molecule has 4 N–H and O–H groups in total. The SMILES string of the molecule is C[C@H]1CCOC[C@@H]1n1cc(C(N)=O)c(Nc2ccc3c(c2)COB3O)n1. The van der Waals surface area contributed by atoms with E-state index in [4.69, 9.17) is 15.1 Å². The van der Waals surface area contributed by atoms with E-state index in [0.29, 0.717) is 30.5 Å². The molecular formula is C17H21BN4O4. The lowest BCUT2D eigenvalue weighted by Gasteiger charge is -2.28. The van der Waals surface area contributed by atoms with Crippen LogP contribution in [0.2, 0.25) is 0 Å². The highest BCUT2D eigenvalue weighted by Crippen LogP contribution is 2.28. The number of primary amides is 1. The quantitative estimate of drug-likeness (QED) is 0.690. The van der Waals surface area contributed by atoms with Gasteiger partial charge in [-0.2, -0.15) is 5.10 Å². The van der Waals surface area contributed by atoms with Crippen LogP contribution in [-0.2, 0) is 16.0 Å². The molecule has 8 nitrogen and oxygen atoms in total. The molecule has 2 aliphatic rings. The molecule has 2 aromatic rings. The Kier molecular flexibility index (Phi) is 4.43. The number of benzene rings is 1. The fourth-order valence-corrected chi connectivity index (χ4v) is 3.45. The third-order valence-electron chi connectivity index (χ3n) is 5.07. The molecule has 136 valence electrons. The van der Waals surface area contributed by atoms with Crippen molar-refractivity contribution in [3.63, 3.8) is 0 Å². The van der Waals surface area contributed by atoms with Gasteiger partial charge in [0.15, 0.2) is 5.82 Å². The normalized spacial score (nSPS) is 22.3. The maximum atomic E-state index is 11.9. The number of ether oxygens (including phenoxy) is 1. The molecule has 3 heterocycles. The zero-order chi connectivity index (χ0) is 18.3. The molecule has 0 bridgehead atoms. The van der Waals surface area contributed by atoms with E-state index in [2.05, 4.69) is 17.3 Å². The van der Waals surface area contributed by atoms with E-state index in [1.54, 1.807) is 16.9 Å². The van der Waals surface area contributed by atoms with Crippen LogP contribution < -0.4 is 16.5 Å². The largest absolute Gasteiger partial charge is 0.491 e. The van der Waals surface area contributed by atoms with Gasteiger partial charge in [-0.1, -0.05) is 13.0 Å². The monoisotopic (exact) mass is 356 g/mol.